The largest absolute Gasteiger partial charge is 0.456 e. The molecule has 0 unspecified atom stereocenters. The number of anilines is 3. The van der Waals surface area contributed by atoms with Crippen molar-refractivity contribution in [2.45, 2.75) is 0 Å². The van der Waals surface area contributed by atoms with Crippen LogP contribution in [0.15, 0.2) is 229 Å². The van der Waals surface area contributed by atoms with Gasteiger partial charge in [-0.05, 0) is 116 Å². The maximum atomic E-state index is 6.45. The average molecular weight is 740 g/mol. The summed E-state index contributed by atoms with van der Waals surface area (Å²) in [7, 11) is 0. The van der Waals surface area contributed by atoms with E-state index in [2.05, 4.69) is 229 Å². The standard InChI is InChI=1S/C56H37NO/c1-3-14-38(15-4-1)46-28-30-54(50(34-46)40-17-5-2-6-18-40)57(48-23-13-22-42(33-48)45-27-26-39-16-7-8-19-41(39)32-45)53-25-12-11-24-49(53)47-29-31-55-51(36-47)52-35-43-20-9-10-21-44(43)37-56(52)58-55/h1-37H. The minimum atomic E-state index is 0.884. The first-order valence-electron chi connectivity index (χ1n) is 19.8. The Bertz CT molecular complexity index is 3290. The Morgan fingerprint density at radius 2 is 0.845 bits per heavy atom. The quantitative estimate of drug-likeness (QED) is 0.162. The molecule has 0 radical (unpaired) electrons. The number of fused-ring (bicyclic) bond motifs is 5. The van der Waals surface area contributed by atoms with Crippen LogP contribution in [0.1, 0.15) is 0 Å². The van der Waals surface area contributed by atoms with Crippen LogP contribution in [0.3, 0.4) is 0 Å². The molecule has 0 amide bonds. The summed E-state index contributed by atoms with van der Waals surface area (Å²) in [6.45, 7) is 0. The Labute approximate surface area is 337 Å². The maximum Gasteiger partial charge on any atom is 0.136 e. The van der Waals surface area contributed by atoms with Crippen LogP contribution < -0.4 is 4.90 Å². The number of para-hydroxylation sites is 1. The molecule has 0 atom stereocenters. The molecule has 10 aromatic carbocycles. The Kier molecular flexibility index (Phi) is 8.19. The molecule has 11 aromatic rings. The fourth-order valence-electron chi connectivity index (χ4n) is 8.53. The van der Waals surface area contributed by atoms with Crippen molar-refractivity contribution in [3.8, 4) is 44.5 Å². The Morgan fingerprint density at radius 3 is 1.66 bits per heavy atom. The third-order valence-electron chi connectivity index (χ3n) is 11.4. The van der Waals surface area contributed by atoms with Crippen molar-refractivity contribution in [3.05, 3.63) is 224 Å². The summed E-state index contributed by atoms with van der Waals surface area (Å²) in [6.07, 6.45) is 0. The van der Waals surface area contributed by atoms with E-state index in [1.54, 1.807) is 0 Å². The summed E-state index contributed by atoms with van der Waals surface area (Å²) in [5.41, 5.74) is 14.3. The first-order chi connectivity index (χ1) is 28.7. The highest BCUT2D eigenvalue weighted by molar-refractivity contribution is 6.11. The van der Waals surface area contributed by atoms with Crippen molar-refractivity contribution in [2.24, 2.45) is 0 Å². The van der Waals surface area contributed by atoms with Crippen molar-refractivity contribution < 1.29 is 4.42 Å². The SMILES string of the molecule is c1ccc(-c2ccc(N(c3cccc(-c4ccc5ccccc5c4)c3)c3ccccc3-c3ccc4oc5cc6ccccc6cc5c4c3)c(-c3ccccc3)c2)cc1. The van der Waals surface area contributed by atoms with Crippen molar-refractivity contribution >= 4 is 60.5 Å². The van der Waals surface area contributed by atoms with E-state index in [0.717, 1.165) is 66.8 Å². The number of furan rings is 1. The van der Waals surface area contributed by atoms with Gasteiger partial charge in [0.2, 0.25) is 0 Å². The van der Waals surface area contributed by atoms with Gasteiger partial charge in [0.25, 0.3) is 0 Å². The summed E-state index contributed by atoms with van der Waals surface area (Å²) in [5, 5.41) is 7.07. The average Bonchev–Trinajstić information content (AvgIpc) is 3.65. The molecule has 58 heavy (non-hydrogen) atoms. The lowest BCUT2D eigenvalue weighted by Gasteiger charge is -2.30. The summed E-state index contributed by atoms with van der Waals surface area (Å²) < 4.78 is 6.45. The van der Waals surface area contributed by atoms with Gasteiger partial charge in [0.15, 0.2) is 0 Å². The van der Waals surface area contributed by atoms with Crippen LogP contribution in [0, 0.1) is 0 Å². The number of nitrogens with zero attached hydrogens (tertiary/aromatic N) is 1. The number of hydrogen-bond donors (Lipinski definition) is 0. The van der Waals surface area contributed by atoms with Crippen LogP contribution in [0.2, 0.25) is 0 Å². The zero-order valence-corrected chi connectivity index (χ0v) is 31.7. The van der Waals surface area contributed by atoms with Gasteiger partial charge in [-0.25, -0.2) is 0 Å². The predicted molar refractivity (Wildman–Crippen MR) is 245 cm³/mol. The van der Waals surface area contributed by atoms with Gasteiger partial charge < -0.3 is 9.32 Å². The molecule has 0 aliphatic heterocycles. The lowest BCUT2D eigenvalue weighted by Crippen LogP contribution is -2.12. The van der Waals surface area contributed by atoms with Gasteiger partial charge >= 0.3 is 0 Å². The van der Waals surface area contributed by atoms with Crippen molar-refractivity contribution in [1.29, 1.82) is 0 Å². The molecular weight excluding hydrogens is 703 g/mol. The minimum absolute atomic E-state index is 0.884. The zero-order valence-electron chi connectivity index (χ0n) is 31.7. The Balaban J connectivity index is 1.14. The van der Waals surface area contributed by atoms with Crippen LogP contribution >= 0.6 is 0 Å². The highest BCUT2D eigenvalue weighted by Crippen LogP contribution is 2.47. The zero-order chi connectivity index (χ0) is 38.4. The van der Waals surface area contributed by atoms with E-state index < -0.39 is 0 Å². The highest BCUT2D eigenvalue weighted by atomic mass is 16.3. The summed E-state index contributed by atoms with van der Waals surface area (Å²) >= 11 is 0. The van der Waals surface area contributed by atoms with E-state index in [4.69, 9.17) is 4.42 Å². The van der Waals surface area contributed by atoms with Gasteiger partial charge in [0.05, 0.1) is 11.4 Å². The van der Waals surface area contributed by atoms with Gasteiger partial charge in [-0.3, -0.25) is 0 Å². The molecule has 272 valence electrons. The second-order valence-electron chi connectivity index (χ2n) is 14.9. The number of benzene rings is 10. The summed E-state index contributed by atoms with van der Waals surface area (Å²) in [4.78, 5) is 2.45. The second kappa shape index (κ2) is 14.1. The monoisotopic (exact) mass is 739 g/mol. The van der Waals surface area contributed by atoms with Gasteiger partial charge in [0, 0.05) is 27.6 Å². The first kappa shape index (κ1) is 33.6. The van der Waals surface area contributed by atoms with Crippen molar-refractivity contribution in [2.75, 3.05) is 4.90 Å². The molecule has 0 saturated carbocycles. The molecule has 0 spiro atoms. The molecule has 0 bridgehead atoms. The second-order valence-corrected chi connectivity index (χ2v) is 14.9. The predicted octanol–water partition coefficient (Wildman–Crippen LogP) is 16.0. The first-order valence-corrected chi connectivity index (χ1v) is 19.8. The van der Waals surface area contributed by atoms with Gasteiger partial charge in [-0.2, -0.15) is 0 Å². The van der Waals surface area contributed by atoms with Crippen molar-refractivity contribution in [1.82, 2.24) is 0 Å². The van der Waals surface area contributed by atoms with E-state index in [1.165, 1.54) is 38.2 Å². The third kappa shape index (κ3) is 6.00. The van der Waals surface area contributed by atoms with E-state index in [9.17, 15) is 0 Å². The molecule has 1 heterocycles. The molecule has 0 fully saturated rings. The van der Waals surface area contributed by atoms with Crippen LogP contribution in [0.4, 0.5) is 17.1 Å². The van der Waals surface area contributed by atoms with E-state index in [-0.39, 0.29) is 0 Å². The molecule has 0 aliphatic carbocycles. The molecule has 2 heteroatoms. The van der Waals surface area contributed by atoms with Gasteiger partial charge in [-0.1, -0.05) is 164 Å². The van der Waals surface area contributed by atoms with Crippen LogP contribution in [0.5, 0.6) is 0 Å². The fourth-order valence-corrected chi connectivity index (χ4v) is 8.53. The van der Waals surface area contributed by atoms with Crippen LogP contribution in [-0.4, -0.2) is 0 Å². The molecule has 1 aromatic heterocycles. The smallest absolute Gasteiger partial charge is 0.136 e. The summed E-state index contributed by atoms with van der Waals surface area (Å²) in [6, 6.07) is 80.9. The van der Waals surface area contributed by atoms with Crippen LogP contribution in [0.25, 0.3) is 88.0 Å². The van der Waals surface area contributed by atoms with Crippen LogP contribution in [-0.2, 0) is 0 Å². The molecular formula is C56H37NO. The van der Waals surface area contributed by atoms with E-state index in [0.29, 0.717) is 0 Å². The topological polar surface area (TPSA) is 16.4 Å². The van der Waals surface area contributed by atoms with Gasteiger partial charge in [-0.15, -0.1) is 0 Å². The molecule has 0 aliphatic rings. The third-order valence-corrected chi connectivity index (χ3v) is 11.4. The molecule has 0 saturated heterocycles. The maximum absolute atomic E-state index is 6.45. The van der Waals surface area contributed by atoms with Gasteiger partial charge in [0.1, 0.15) is 11.2 Å². The van der Waals surface area contributed by atoms with Crippen molar-refractivity contribution in [3.63, 3.8) is 0 Å². The molecule has 11 rings (SSSR count). The minimum Gasteiger partial charge on any atom is -0.456 e. The molecule has 2 nitrogen and oxygen atoms in total. The lowest BCUT2D eigenvalue weighted by atomic mass is 9.94. The number of rotatable bonds is 7. The fraction of sp³-hybridized carbons (Fsp3) is 0. The number of hydrogen-bond acceptors (Lipinski definition) is 2. The van der Waals surface area contributed by atoms with E-state index in [1.807, 2.05) is 0 Å². The lowest BCUT2D eigenvalue weighted by molar-refractivity contribution is 0.669. The van der Waals surface area contributed by atoms with E-state index >= 15 is 0 Å². The normalized spacial score (nSPS) is 11.4. The summed E-state index contributed by atoms with van der Waals surface area (Å²) in [5.74, 6) is 0. The Hall–Kier alpha value is -7.68. The molecule has 0 N–H and O–H groups in total. The Morgan fingerprint density at radius 1 is 0.276 bits per heavy atom. The highest BCUT2D eigenvalue weighted by Gasteiger charge is 2.22.